The van der Waals surface area contributed by atoms with Crippen LogP contribution >= 0.6 is 0 Å². The molecule has 2 rings (SSSR count). The number of amides is 1. The molecule has 1 atom stereocenters. The molecule has 1 aliphatic heterocycles. The molecule has 0 spiro atoms. The normalized spacial score (nSPS) is 19.1. The molecule has 1 amide bonds. The average Bonchev–Trinajstić information content (AvgIpc) is 2.54. The van der Waals surface area contributed by atoms with Crippen molar-refractivity contribution >= 4 is 15.9 Å². The molecule has 0 N–H and O–H groups in total. The fraction of sp³-hybridized carbons (Fsp3) is 0.562. The van der Waals surface area contributed by atoms with Crippen LogP contribution in [0, 0.1) is 0 Å². The van der Waals surface area contributed by atoms with Gasteiger partial charge in [0.25, 0.3) is 5.91 Å². The van der Waals surface area contributed by atoms with Crippen molar-refractivity contribution in [3.63, 3.8) is 0 Å². The predicted octanol–water partition coefficient (Wildman–Crippen LogP) is 1.58. The molecule has 1 saturated heterocycles. The lowest BCUT2D eigenvalue weighted by molar-refractivity contribution is 0.00724. The Bertz CT molecular complexity index is 639. The molecule has 6 nitrogen and oxygen atoms in total. The number of nitrogens with zero attached hydrogens (tertiary/aromatic N) is 2. The molecule has 1 aromatic carbocycles. The van der Waals surface area contributed by atoms with E-state index in [0.29, 0.717) is 25.3 Å². The SMILES string of the molecule is CCOC1CCCN(C(=O)c2ccc(S(=O)(=O)N(C)C)cc2)C1. The summed E-state index contributed by atoms with van der Waals surface area (Å²) in [5.41, 5.74) is 0.500. The molecule has 1 heterocycles. The van der Waals surface area contributed by atoms with Crippen LogP contribution < -0.4 is 0 Å². The highest BCUT2D eigenvalue weighted by Gasteiger charge is 2.25. The molecule has 0 radical (unpaired) electrons. The summed E-state index contributed by atoms with van der Waals surface area (Å²) < 4.78 is 30.9. The molecule has 7 heteroatoms. The second-order valence-corrected chi connectivity index (χ2v) is 7.93. The summed E-state index contributed by atoms with van der Waals surface area (Å²) in [4.78, 5) is 14.5. The first-order valence-corrected chi connectivity index (χ1v) is 9.23. The summed E-state index contributed by atoms with van der Waals surface area (Å²) in [5.74, 6) is -0.0804. The number of rotatable bonds is 5. The zero-order chi connectivity index (χ0) is 17.0. The molecule has 23 heavy (non-hydrogen) atoms. The first kappa shape index (κ1) is 17.9. The first-order chi connectivity index (χ1) is 10.9. The Hall–Kier alpha value is -1.44. The van der Waals surface area contributed by atoms with Gasteiger partial charge >= 0.3 is 0 Å². The Balaban J connectivity index is 2.11. The van der Waals surface area contributed by atoms with Gasteiger partial charge in [0.1, 0.15) is 0 Å². The van der Waals surface area contributed by atoms with Crippen LogP contribution in [0.25, 0.3) is 0 Å². The molecule has 128 valence electrons. The first-order valence-electron chi connectivity index (χ1n) is 7.79. The van der Waals surface area contributed by atoms with Gasteiger partial charge in [-0.2, -0.15) is 0 Å². The molecule has 0 aromatic heterocycles. The van der Waals surface area contributed by atoms with Gasteiger partial charge in [-0.1, -0.05) is 0 Å². The van der Waals surface area contributed by atoms with Gasteiger partial charge in [-0.25, -0.2) is 12.7 Å². The minimum atomic E-state index is -3.47. The Labute approximate surface area is 138 Å². The van der Waals surface area contributed by atoms with E-state index in [9.17, 15) is 13.2 Å². The van der Waals surface area contributed by atoms with Gasteiger partial charge in [-0.15, -0.1) is 0 Å². The Morgan fingerprint density at radius 1 is 1.30 bits per heavy atom. The van der Waals surface area contributed by atoms with Crippen LogP contribution in [0.4, 0.5) is 0 Å². The summed E-state index contributed by atoms with van der Waals surface area (Å²) in [5, 5.41) is 0. The Kier molecular flexibility index (Phi) is 5.78. The van der Waals surface area contributed by atoms with E-state index in [-0.39, 0.29) is 16.9 Å². The van der Waals surface area contributed by atoms with E-state index in [1.165, 1.54) is 26.2 Å². The largest absolute Gasteiger partial charge is 0.377 e. The van der Waals surface area contributed by atoms with Gasteiger partial charge < -0.3 is 9.64 Å². The molecule has 1 aromatic rings. The summed E-state index contributed by atoms with van der Waals surface area (Å²) in [6, 6.07) is 6.10. The third-order valence-electron chi connectivity index (χ3n) is 3.95. The van der Waals surface area contributed by atoms with Crippen molar-refractivity contribution < 1.29 is 17.9 Å². The number of carbonyl (C=O) groups excluding carboxylic acids is 1. The number of likely N-dealkylation sites (tertiary alicyclic amines) is 1. The van der Waals surface area contributed by atoms with Crippen molar-refractivity contribution in [2.24, 2.45) is 0 Å². The summed E-state index contributed by atoms with van der Waals surface area (Å²) in [6.07, 6.45) is 1.98. The molecule has 1 aliphatic rings. The number of hydrogen-bond acceptors (Lipinski definition) is 4. The summed E-state index contributed by atoms with van der Waals surface area (Å²) in [7, 11) is -0.508. The van der Waals surface area contributed by atoms with Crippen LogP contribution in [0.1, 0.15) is 30.1 Å². The second-order valence-electron chi connectivity index (χ2n) is 5.78. The third-order valence-corrected chi connectivity index (χ3v) is 5.78. The van der Waals surface area contributed by atoms with Crippen molar-refractivity contribution in [2.75, 3.05) is 33.8 Å². The minimum absolute atomic E-state index is 0.0804. The fourth-order valence-electron chi connectivity index (χ4n) is 2.66. The lowest BCUT2D eigenvalue weighted by Crippen LogP contribution is -2.43. The van der Waals surface area contributed by atoms with Gasteiger partial charge in [0.2, 0.25) is 10.0 Å². The average molecular weight is 340 g/mol. The van der Waals surface area contributed by atoms with E-state index in [4.69, 9.17) is 4.74 Å². The number of carbonyl (C=O) groups is 1. The van der Waals surface area contributed by atoms with E-state index in [1.807, 2.05) is 6.92 Å². The third kappa shape index (κ3) is 4.10. The fourth-order valence-corrected chi connectivity index (χ4v) is 3.56. The molecule has 0 saturated carbocycles. The lowest BCUT2D eigenvalue weighted by atomic mass is 10.1. The van der Waals surface area contributed by atoms with E-state index in [1.54, 1.807) is 17.0 Å². The maximum atomic E-state index is 12.6. The van der Waals surface area contributed by atoms with Crippen LogP contribution in [-0.2, 0) is 14.8 Å². The number of piperidine rings is 1. The molecular weight excluding hydrogens is 316 g/mol. The number of hydrogen-bond donors (Lipinski definition) is 0. The zero-order valence-electron chi connectivity index (χ0n) is 13.9. The van der Waals surface area contributed by atoms with Gasteiger partial charge in [0.05, 0.1) is 11.0 Å². The number of sulfonamides is 1. The van der Waals surface area contributed by atoms with E-state index in [0.717, 1.165) is 17.1 Å². The lowest BCUT2D eigenvalue weighted by Gasteiger charge is -2.32. The Morgan fingerprint density at radius 3 is 2.52 bits per heavy atom. The van der Waals surface area contributed by atoms with Crippen LogP contribution in [-0.4, -0.2) is 63.4 Å². The predicted molar refractivity (Wildman–Crippen MR) is 87.9 cm³/mol. The van der Waals surface area contributed by atoms with E-state index >= 15 is 0 Å². The smallest absolute Gasteiger partial charge is 0.253 e. The van der Waals surface area contributed by atoms with Crippen molar-refractivity contribution in [3.05, 3.63) is 29.8 Å². The van der Waals surface area contributed by atoms with Crippen LogP contribution in [0.5, 0.6) is 0 Å². The molecule has 1 unspecified atom stereocenters. The van der Waals surface area contributed by atoms with Crippen molar-refractivity contribution in [1.82, 2.24) is 9.21 Å². The topological polar surface area (TPSA) is 66.9 Å². The maximum absolute atomic E-state index is 12.6. The maximum Gasteiger partial charge on any atom is 0.253 e. The Morgan fingerprint density at radius 2 is 1.96 bits per heavy atom. The summed E-state index contributed by atoms with van der Waals surface area (Å²) in [6.45, 7) is 3.89. The van der Waals surface area contributed by atoms with Crippen molar-refractivity contribution in [1.29, 1.82) is 0 Å². The zero-order valence-corrected chi connectivity index (χ0v) is 14.7. The minimum Gasteiger partial charge on any atom is -0.377 e. The molecule has 0 aliphatic carbocycles. The van der Waals surface area contributed by atoms with Crippen LogP contribution in [0.15, 0.2) is 29.2 Å². The van der Waals surface area contributed by atoms with Crippen molar-refractivity contribution in [3.8, 4) is 0 Å². The van der Waals surface area contributed by atoms with Gasteiger partial charge in [0.15, 0.2) is 0 Å². The standard InChI is InChI=1S/C16H24N2O4S/c1-4-22-14-6-5-11-18(12-14)16(19)13-7-9-15(10-8-13)23(20,21)17(2)3/h7-10,14H,4-6,11-12H2,1-3H3. The highest BCUT2D eigenvalue weighted by Crippen LogP contribution is 2.18. The quantitative estimate of drug-likeness (QED) is 0.816. The van der Waals surface area contributed by atoms with Crippen LogP contribution in [0.3, 0.4) is 0 Å². The van der Waals surface area contributed by atoms with Gasteiger partial charge in [0, 0.05) is 39.4 Å². The van der Waals surface area contributed by atoms with E-state index < -0.39 is 10.0 Å². The van der Waals surface area contributed by atoms with Gasteiger partial charge in [-0.05, 0) is 44.0 Å². The molecular formula is C16H24N2O4S. The highest BCUT2D eigenvalue weighted by atomic mass is 32.2. The van der Waals surface area contributed by atoms with Crippen LogP contribution in [0.2, 0.25) is 0 Å². The van der Waals surface area contributed by atoms with Crippen molar-refractivity contribution in [2.45, 2.75) is 30.8 Å². The number of benzene rings is 1. The molecule has 1 fully saturated rings. The van der Waals surface area contributed by atoms with E-state index in [2.05, 4.69) is 0 Å². The monoisotopic (exact) mass is 340 g/mol. The number of ether oxygens (including phenoxy) is 1. The second kappa shape index (κ2) is 7.42. The highest BCUT2D eigenvalue weighted by molar-refractivity contribution is 7.89. The van der Waals surface area contributed by atoms with Gasteiger partial charge in [-0.3, -0.25) is 4.79 Å². The molecule has 0 bridgehead atoms. The summed E-state index contributed by atoms with van der Waals surface area (Å²) >= 11 is 0.